The molecule has 0 atom stereocenters. The second-order valence-electron chi connectivity index (χ2n) is 6.37. The molecule has 0 spiro atoms. The van der Waals surface area contributed by atoms with E-state index in [1.165, 1.54) is 12.8 Å². The molecule has 5 nitrogen and oxygen atoms in total. The number of nitrogens with zero attached hydrogens (tertiary/aromatic N) is 2. The summed E-state index contributed by atoms with van der Waals surface area (Å²) in [4.78, 5) is 24.7. The standard InChI is InChI=1S/C18H25N3O2/c1-2-12-20-15-9-5-6-10-16(15)21(18(20)23)13-11-17(22)19-14-7-3-4-8-14/h5-6,9-10,14H,2-4,7-8,11-13H2,1H3,(H,19,22). The molecule has 1 aromatic heterocycles. The number of benzene rings is 1. The molecule has 0 saturated heterocycles. The van der Waals surface area contributed by atoms with Crippen molar-refractivity contribution >= 4 is 16.9 Å². The fourth-order valence-corrected chi connectivity index (χ4v) is 3.51. The first-order valence-corrected chi connectivity index (χ1v) is 8.68. The molecule has 0 aliphatic heterocycles. The van der Waals surface area contributed by atoms with E-state index in [9.17, 15) is 9.59 Å². The number of aromatic nitrogens is 2. The molecule has 1 amide bonds. The quantitative estimate of drug-likeness (QED) is 0.891. The second kappa shape index (κ2) is 7.02. The van der Waals surface area contributed by atoms with Gasteiger partial charge in [-0.25, -0.2) is 4.79 Å². The zero-order chi connectivity index (χ0) is 16.2. The van der Waals surface area contributed by atoms with Crippen molar-refractivity contribution in [2.75, 3.05) is 0 Å². The molecule has 1 heterocycles. The van der Waals surface area contributed by atoms with Crippen LogP contribution in [0.3, 0.4) is 0 Å². The van der Waals surface area contributed by atoms with E-state index < -0.39 is 0 Å². The lowest BCUT2D eigenvalue weighted by Gasteiger charge is -2.11. The van der Waals surface area contributed by atoms with Crippen LogP contribution in [0.25, 0.3) is 11.0 Å². The lowest BCUT2D eigenvalue weighted by Crippen LogP contribution is -2.34. The largest absolute Gasteiger partial charge is 0.353 e. The van der Waals surface area contributed by atoms with Crippen LogP contribution < -0.4 is 11.0 Å². The van der Waals surface area contributed by atoms with Gasteiger partial charge in [-0.3, -0.25) is 13.9 Å². The van der Waals surface area contributed by atoms with Gasteiger partial charge in [-0.2, -0.15) is 0 Å². The van der Waals surface area contributed by atoms with Crippen molar-refractivity contribution in [2.24, 2.45) is 0 Å². The topological polar surface area (TPSA) is 56.0 Å². The predicted molar refractivity (Wildman–Crippen MR) is 91.5 cm³/mol. The van der Waals surface area contributed by atoms with E-state index >= 15 is 0 Å². The Morgan fingerprint density at radius 2 is 1.74 bits per heavy atom. The maximum atomic E-state index is 12.6. The van der Waals surface area contributed by atoms with Gasteiger partial charge in [0, 0.05) is 25.6 Å². The fraction of sp³-hybridized carbons (Fsp3) is 0.556. The Bertz CT molecular complexity index is 738. The average molecular weight is 315 g/mol. The smallest absolute Gasteiger partial charge is 0.329 e. The maximum Gasteiger partial charge on any atom is 0.329 e. The summed E-state index contributed by atoms with van der Waals surface area (Å²) in [7, 11) is 0. The summed E-state index contributed by atoms with van der Waals surface area (Å²) in [5.74, 6) is 0.0520. The highest BCUT2D eigenvalue weighted by molar-refractivity contribution is 5.78. The van der Waals surface area contributed by atoms with Crippen LogP contribution in [0, 0.1) is 0 Å². The van der Waals surface area contributed by atoms with E-state index in [2.05, 4.69) is 12.2 Å². The number of hydrogen-bond acceptors (Lipinski definition) is 2. The Kier molecular flexibility index (Phi) is 4.84. The van der Waals surface area contributed by atoms with E-state index in [1.54, 1.807) is 4.57 Å². The predicted octanol–water partition coefficient (Wildman–Crippen LogP) is 2.66. The van der Waals surface area contributed by atoms with Crippen molar-refractivity contribution in [3.63, 3.8) is 0 Å². The number of hydrogen-bond donors (Lipinski definition) is 1. The number of imidazole rings is 1. The van der Waals surface area contributed by atoms with Crippen LogP contribution in [0.2, 0.25) is 0 Å². The minimum absolute atomic E-state index is 0.0123. The summed E-state index contributed by atoms with van der Waals surface area (Å²) < 4.78 is 3.55. The third-order valence-electron chi connectivity index (χ3n) is 4.66. The molecule has 124 valence electrons. The van der Waals surface area contributed by atoms with Gasteiger partial charge in [0.1, 0.15) is 0 Å². The van der Waals surface area contributed by atoms with Crippen molar-refractivity contribution in [1.82, 2.24) is 14.5 Å². The van der Waals surface area contributed by atoms with E-state index in [0.717, 1.165) is 30.3 Å². The minimum Gasteiger partial charge on any atom is -0.353 e. The first-order valence-electron chi connectivity index (χ1n) is 8.68. The monoisotopic (exact) mass is 315 g/mol. The van der Waals surface area contributed by atoms with Gasteiger partial charge in [-0.1, -0.05) is 31.9 Å². The van der Waals surface area contributed by atoms with Crippen molar-refractivity contribution in [2.45, 2.75) is 64.6 Å². The summed E-state index contributed by atoms with van der Waals surface area (Å²) in [5, 5.41) is 3.09. The molecule has 3 rings (SSSR count). The van der Waals surface area contributed by atoms with Gasteiger partial charge in [-0.15, -0.1) is 0 Å². The molecular weight excluding hydrogens is 290 g/mol. The van der Waals surface area contributed by atoms with Gasteiger partial charge in [-0.05, 0) is 31.4 Å². The summed E-state index contributed by atoms with van der Waals surface area (Å²) in [6.07, 6.45) is 5.85. The molecule has 1 N–H and O–H groups in total. The highest BCUT2D eigenvalue weighted by Crippen LogP contribution is 2.18. The molecule has 0 bridgehead atoms. The molecule has 1 fully saturated rings. The average Bonchev–Trinajstić information content (AvgIpc) is 3.14. The van der Waals surface area contributed by atoms with Gasteiger partial charge < -0.3 is 5.32 Å². The number of para-hydroxylation sites is 2. The Hall–Kier alpha value is -2.04. The van der Waals surface area contributed by atoms with Gasteiger partial charge in [0.05, 0.1) is 11.0 Å². The normalized spacial score (nSPS) is 15.3. The van der Waals surface area contributed by atoms with Crippen molar-refractivity contribution in [3.8, 4) is 0 Å². The van der Waals surface area contributed by atoms with Crippen molar-refractivity contribution in [3.05, 3.63) is 34.7 Å². The minimum atomic E-state index is -0.0123. The molecule has 1 saturated carbocycles. The molecule has 23 heavy (non-hydrogen) atoms. The number of nitrogens with one attached hydrogen (secondary N) is 1. The van der Waals surface area contributed by atoms with Crippen LogP contribution in [0.1, 0.15) is 45.4 Å². The van der Waals surface area contributed by atoms with Gasteiger partial charge in [0.25, 0.3) is 0 Å². The zero-order valence-corrected chi connectivity index (χ0v) is 13.8. The fourth-order valence-electron chi connectivity index (χ4n) is 3.51. The third-order valence-corrected chi connectivity index (χ3v) is 4.66. The van der Waals surface area contributed by atoms with E-state index in [4.69, 9.17) is 0 Å². The maximum absolute atomic E-state index is 12.6. The molecule has 1 aromatic carbocycles. The van der Waals surface area contributed by atoms with Crippen LogP contribution in [-0.2, 0) is 17.9 Å². The number of amides is 1. The van der Waals surface area contributed by atoms with Gasteiger partial charge in [0.2, 0.25) is 5.91 Å². The van der Waals surface area contributed by atoms with Crippen LogP contribution in [0.5, 0.6) is 0 Å². The number of fused-ring (bicyclic) bond motifs is 1. The number of rotatable bonds is 6. The van der Waals surface area contributed by atoms with Crippen LogP contribution in [0.15, 0.2) is 29.1 Å². The zero-order valence-electron chi connectivity index (χ0n) is 13.8. The molecule has 1 aliphatic rings. The van der Waals surface area contributed by atoms with Gasteiger partial charge >= 0.3 is 5.69 Å². The molecule has 0 unspecified atom stereocenters. The summed E-state index contributed by atoms with van der Waals surface area (Å²) in [5.41, 5.74) is 1.86. The van der Waals surface area contributed by atoms with E-state index in [-0.39, 0.29) is 11.6 Å². The SMILES string of the molecule is CCCn1c(=O)n(CCC(=O)NC2CCCC2)c2ccccc21. The highest BCUT2D eigenvalue weighted by atomic mass is 16.2. The van der Waals surface area contributed by atoms with Crippen molar-refractivity contribution < 1.29 is 4.79 Å². The summed E-state index contributed by atoms with van der Waals surface area (Å²) in [6.45, 7) is 3.21. The molecule has 5 heteroatoms. The highest BCUT2D eigenvalue weighted by Gasteiger charge is 2.18. The summed E-state index contributed by atoms with van der Waals surface area (Å²) >= 11 is 0. The summed E-state index contributed by atoms with van der Waals surface area (Å²) in [6, 6.07) is 8.15. The lowest BCUT2D eigenvalue weighted by atomic mass is 10.2. The molecule has 0 radical (unpaired) electrons. The first-order chi connectivity index (χ1) is 11.2. The number of carbonyl (C=O) groups is 1. The number of carbonyl (C=O) groups excluding carboxylic acids is 1. The van der Waals surface area contributed by atoms with Gasteiger partial charge in [0.15, 0.2) is 0 Å². The molecule has 2 aromatic rings. The Morgan fingerprint density at radius 3 is 2.35 bits per heavy atom. The van der Waals surface area contributed by atoms with E-state index in [0.29, 0.717) is 25.6 Å². The Morgan fingerprint density at radius 1 is 1.13 bits per heavy atom. The second-order valence-corrected chi connectivity index (χ2v) is 6.37. The van der Waals surface area contributed by atoms with Crippen molar-refractivity contribution in [1.29, 1.82) is 0 Å². The Labute approximate surface area is 136 Å². The van der Waals surface area contributed by atoms with Crippen LogP contribution >= 0.6 is 0 Å². The molecule has 1 aliphatic carbocycles. The van der Waals surface area contributed by atoms with Crippen LogP contribution in [-0.4, -0.2) is 21.1 Å². The van der Waals surface area contributed by atoms with Crippen LogP contribution in [0.4, 0.5) is 0 Å². The van der Waals surface area contributed by atoms with E-state index in [1.807, 2.05) is 28.8 Å². The number of aryl methyl sites for hydroxylation is 2. The molecular formula is C18H25N3O2. The third kappa shape index (κ3) is 3.33. The lowest BCUT2D eigenvalue weighted by molar-refractivity contribution is -0.121. The first kappa shape index (κ1) is 15.8. The Balaban J connectivity index is 1.75.